The van der Waals surface area contributed by atoms with Crippen molar-refractivity contribution in [3.05, 3.63) is 58.6 Å². The fraction of sp³-hybridized carbons (Fsp3) is 0.538. The number of piperidine rings is 1. The number of likely N-dealkylation sites (N-methyl/N-ethyl adjacent to an activating group) is 1. The lowest BCUT2D eigenvalue weighted by molar-refractivity contribution is 0.102. The van der Waals surface area contributed by atoms with Crippen LogP contribution < -0.4 is 4.90 Å². The number of rotatable bonds is 6. The molecule has 0 aromatic carbocycles. The Morgan fingerprint density at radius 3 is 2.50 bits per heavy atom. The summed E-state index contributed by atoms with van der Waals surface area (Å²) in [5.74, 6) is 1.21. The minimum absolute atomic E-state index is 0.175. The molecule has 0 saturated carbocycles. The molecule has 5 heterocycles. The van der Waals surface area contributed by atoms with E-state index < -0.39 is 0 Å². The maximum absolute atomic E-state index is 6.56. The molecule has 0 amide bonds. The molecule has 8 heteroatoms. The van der Waals surface area contributed by atoms with Gasteiger partial charge in [0.25, 0.3) is 0 Å². The summed E-state index contributed by atoms with van der Waals surface area (Å²) in [4.78, 5) is 17.1. The van der Waals surface area contributed by atoms with E-state index in [1.165, 1.54) is 5.82 Å². The maximum atomic E-state index is 6.56. The number of imidazole rings is 1. The molecular formula is C26H35ClN6O. The molecule has 3 aromatic rings. The van der Waals surface area contributed by atoms with Gasteiger partial charge in [0.2, 0.25) is 0 Å². The first-order valence-electron chi connectivity index (χ1n) is 12.4. The summed E-state index contributed by atoms with van der Waals surface area (Å²) < 4.78 is 8.34. The van der Waals surface area contributed by atoms with Crippen molar-refractivity contribution in [2.24, 2.45) is 0 Å². The molecule has 0 bridgehead atoms. The number of nitrogens with zero attached hydrogens (tertiary/aromatic N) is 6. The molecule has 34 heavy (non-hydrogen) atoms. The molecule has 0 N–H and O–H groups in total. The van der Waals surface area contributed by atoms with Gasteiger partial charge in [-0.2, -0.15) is 0 Å². The zero-order chi connectivity index (χ0) is 23.7. The van der Waals surface area contributed by atoms with E-state index in [2.05, 4.69) is 63.3 Å². The molecule has 182 valence electrons. The fourth-order valence-electron chi connectivity index (χ4n) is 5.47. The van der Waals surface area contributed by atoms with Crippen LogP contribution in [0.15, 0.2) is 36.5 Å². The van der Waals surface area contributed by atoms with Gasteiger partial charge in [0, 0.05) is 39.0 Å². The standard InChI is InChI=1S/C26H35ClN6O/c1-4-34-18-22-26(21-10-5-9-20(31(21)3)25-19(27)8-7-13-28-25)29-23-11-6-12-24(33(22)23)32-16-14-30(2)15-17-32/h6-8,11-13,20-21H,4-5,9-10,14-18H2,1-3H3/t20-,21+/m0/s1. The first-order chi connectivity index (χ1) is 16.6. The summed E-state index contributed by atoms with van der Waals surface area (Å²) in [6.07, 6.45) is 5.06. The number of piperazine rings is 1. The van der Waals surface area contributed by atoms with Crippen LogP contribution in [0.25, 0.3) is 5.65 Å². The summed E-state index contributed by atoms with van der Waals surface area (Å²) in [5.41, 5.74) is 4.24. The highest BCUT2D eigenvalue weighted by Gasteiger charge is 2.35. The largest absolute Gasteiger partial charge is 0.375 e. The van der Waals surface area contributed by atoms with Crippen molar-refractivity contribution >= 4 is 23.1 Å². The molecule has 5 rings (SSSR count). The van der Waals surface area contributed by atoms with Gasteiger partial charge in [0.1, 0.15) is 11.5 Å². The average molecular weight is 483 g/mol. The van der Waals surface area contributed by atoms with Gasteiger partial charge in [-0.15, -0.1) is 0 Å². The summed E-state index contributed by atoms with van der Waals surface area (Å²) in [6.45, 7) is 7.44. The number of pyridine rings is 2. The second-order valence-electron chi connectivity index (χ2n) is 9.45. The normalized spacial score (nSPS) is 22.5. The molecule has 2 saturated heterocycles. The van der Waals surface area contributed by atoms with Gasteiger partial charge in [-0.1, -0.05) is 17.7 Å². The lowest BCUT2D eigenvalue weighted by Gasteiger charge is -2.39. The number of hydrogen-bond donors (Lipinski definition) is 0. The third kappa shape index (κ3) is 4.42. The van der Waals surface area contributed by atoms with Gasteiger partial charge in [0.05, 0.1) is 40.8 Å². The van der Waals surface area contributed by atoms with Gasteiger partial charge in [-0.3, -0.25) is 14.3 Å². The number of aromatic nitrogens is 3. The Morgan fingerprint density at radius 2 is 1.76 bits per heavy atom. The van der Waals surface area contributed by atoms with Crippen molar-refractivity contribution in [2.45, 2.75) is 44.9 Å². The molecule has 3 aromatic heterocycles. The molecule has 0 aliphatic carbocycles. The molecule has 7 nitrogen and oxygen atoms in total. The SMILES string of the molecule is CCOCc1c([C@H]2CCC[C@@H](c3ncccc3Cl)N2C)nc2cccc(N3CCN(C)CC3)n12. The fourth-order valence-corrected chi connectivity index (χ4v) is 5.72. The van der Waals surface area contributed by atoms with Crippen LogP contribution in [-0.2, 0) is 11.3 Å². The number of fused-ring (bicyclic) bond motifs is 1. The monoisotopic (exact) mass is 482 g/mol. The number of ether oxygens (including phenoxy) is 1. The Balaban J connectivity index is 1.56. The Labute approximate surface area is 207 Å². The lowest BCUT2D eigenvalue weighted by Crippen LogP contribution is -2.45. The van der Waals surface area contributed by atoms with Crippen LogP contribution in [0.5, 0.6) is 0 Å². The van der Waals surface area contributed by atoms with E-state index >= 15 is 0 Å². The van der Waals surface area contributed by atoms with Gasteiger partial charge >= 0.3 is 0 Å². The predicted molar refractivity (Wildman–Crippen MR) is 137 cm³/mol. The zero-order valence-electron chi connectivity index (χ0n) is 20.5. The number of likely N-dealkylation sites (tertiary alicyclic amines) is 1. The summed E-state index contributed by atoms with van der Waals surface area (Å²) >= 11 is 6.56. The molecule has 0 spiro atoms. The van der Waals surface area contributed by atoms with Crippen molar-refractivity contribution in [3.8, 4) is 0 Å². The smallest absolute Gasteiger partial charge is 0.138 e. The maximum Gasteiger partial charge on any atom is 0.138 e. The number of hydrogen-bond acceptors (Lipinski definition) is 6. The second-order valence-corrected chi connectivity index (χ2v) is 9.85. The van der Waals surface area contributed by atoms with E-state index in [1.54, 1.807) is 0 Å². The number of halogens is 1. The van der Waals surface area contributed by atoms with Crippen molar-refractivity contribution in [1.29, 1.82) is 0 Å². The molecule has 0 unspecified atom stereocenters. The van der Waals surface area contributed by atoms with Crippen LogP contribution in [0, 0.1) is 0 Å². The predicted octanol–water partition coefficient (Wildman–Crippen LogP) is 4.57. The van der Waals surface area contributed by atoms with Crippen LogP contribution in [0.3, 0.4) is 0 Å². The van der Waals surface area contributed by atoms with Crippen molar-refractivity contribution in [1.82, 2.24) is 24.2 Å². The minimum Gasteiger partial charge on any atom is -0.375 e. The van der Waals surface area contributed by atoms with E-state index in [0.717, 1.165) is 73.2 Å². The van der Waals surface area contributed by atoms with Crippen LogP contribution in [-0.4, -0.2) is 71.0 Å². The topological polar surface area (TPSA) is 49.1 Å². The molecule has 0 radical (unpaired) electrons. The zero-order valence-corrected chi connectivity index (χ0v) is 21.2. The Bertz CT molecular complexity index is 1130. The van der Waals surface area contributed by atoms with E-state index in [9.17, 15) is 0 Å². The Morgan fingerprint density at radius 1 is 1.00 bits per heavy atom. The molecule has 2 fully saturated rings. The summed E-state index contributed by atoms with van der Waals surface area (Å²) in [5, 5.41) is 0.738. The van der Waals surface area contributed by atoms with Crippen LogP contribution in [0.4, 0.5) is 5.82 Å². The minimum atomic E-state index is 0.175. The van der Waals surface area contributed by atoms with E-state index in [-0.39, 0.29) is 12.1 Å². The van der Waals surface area contributed by atoms with Gasteiger partial charge < -0.3 is 14.5 Å². The van der Waals surface area contributed by atoms with Gasteiger partial charge in [-0.25, -0.2) is 4.98 Å². The third-order valence-corrected chi connectivity index (χ3v) is 7.70. The average Bonchev–Trinajstić information content (AvgIpc) is 3.22. The number of anilines is 1. The summed E-state index contributed by atoms with van der Waals surface area (Å²) in [7, 11) is 4.38. The van der Waals surface area contributed by atoms with E-state index in [0.29, 0.717) is 13.2 Å². The van der Waals surface area contributed by atoms with E-state index in [4.69, 9.17) is 21.3 Å². The quantitative estimate of drug-likeness (QED) is 0.513. The van der Waals surface area contributed by atoms with Gasteiger partial charge in [0.15, 0.2) is 0 Å². The van der Waals surface area contributed by atoms with Gasteiger partial charge in [-0.05, 0) is 64.5 Å². The highest BCUT2D eigenvalue weighted by Crippen LogP contribution is 2.42. The lowest BCUT2D eigenvalue weighted by atomic mass is 9.91. The van der Waals surface area contributed by atoms with Crippen LogP contribution >= 0.6 is 11.6 Å². The Kier molecular flexibility index (Phi) is 7.06. The first-order valence-corrected chi connectivity index (χ1v) is 12.8. The van der Waals surface area contributed by atoms with Crippen LogP contribution in [0.1, 0.15) is 55.4 Å². The third-order valence-electron chi connectivity index (χ3n) is 7.38. The second kappa shape index (κ2) is 10.2. The van der Waals surface area contributed by atoms with E-state index in [1.807, 2.05) is 18.3 Å². The van der Waals surface area contributed by atoms with Crippen molar-refractivity contribution in [3.63, 3.8) is 0 Å². The van der Waals surface area contributed by atoms with Crippen molar-refractivity contribution in [2.75, 3.05) is 51.8 Å². The molecular weight excluding hydrogens is 448 g/mol. The van der Waals surface area contributed by atoms with Crippen LogP contribution in [0.2, 0.25) is 5.02 Å². The summed E-state index contributed by atoms with van der Waals surface area (Å²) in [6, 6.07) is 10.7. The highest BCUT2D eigenvalue weighted by atomic mass is 35.5. The highest BCUT2D eigenvalue weighted by molar-refractivity contribution is 6.31. The van der Waals surface area contributed by atoms with Crippen molar-refractivity contribution < 1.29 is 4.74 Å². The molecule has 2 atom stereocenters. The first kappa shape index (κ1) is 23.5. The molecule has 2 aliphatic heterocycles. The Hall–Kier alpha value is -2.19. The molecule has 2 aliphatic rings.